The largest absolute Gasteiger partial charge is 0.506 e. The van der Waals surface area contributed by atoms with Gasteiger partial charge in [0.15, 0.2) is 12.3 Å². The molecule has 1 aromatic heterocycles. The average Bonchev–Trinajstić information content (AvgIpc) is 3.08. The number of phenols is 1. The highest BCUT2D eigenvalue weighted by Gasteiger charge is 2.36. The van der Waals surface area contributed by atoms with Crippen molar-refractivity contribution in [2.45, 2.75) is 6.18 Å². The SMILES string of the molecule is O=C(COc1cc(C(F)(F)F)nn1-c1ccccc1Cl)Nc1ccc(O)c(Cl)c1. The van der Waals surface area contributed by atoms with Crippen molar-refractivity contribution in [1.29, 1.82) is 0 Å². The molecule has 6 nitrogen and oxygen atoms in total. The van der Waals surface area contributed by atoms with E-state index in [1.54, 1.807) is 12.1 Å². The lowest BCUT2D eigenvalue weighted by Gasteiger charge is -2.11. The molecule has 1 amide bonds. The number of nitrogens with zero attached hydrogens (tertiary/aromatic N) is 2. The number of carbonyl (C=O) groups excluding carboxylic acids is 1. The van der Waals surface area contributed by atoms with E-state index < -0.39 is 24.4 Å². The van der Waals surface area contributed by atoms with Crippen LogP contribution in [-0.2, 0) is 11.0 Å². The zero-order chi connectivity index (χ0) is 21.2. The van der Waals surface area contributed by atoms with Crippen LogP contribution in [0.15, 0.2) is 48.5 Å². The quantitative estimate of drug-likeness (QED) is 0.546. The summed E-state index contributed by atoms with van der Waals surface area (Å²) in [4.78, 5) is 12.1. The summed E-state index contributed by atoms with van der Waals surface area (Å²) < 4.78 is 45.4. The van der Waals surface area contributed by atoms with Gasteiger partial charge in [-0.15, -0.1) is 0 Å². The monoisotopic (exact) mass is 445 g/mol. The minimum absolute atomic E-state index is 0.0235. The molecule has 152 valence electrons. The zero-order valence-electron chi connectivity index (χ0n) is 14.4. The number of aromatic hydroxyl groups is 1. The van der Waals surface area contributed by atoms with Crippen LogP contribution < -0.4 is 10.1 Å². The van der Waals surface area contributed by atoms with Crippen LogP contribution in [0.1, 0.15) is 5.69 Å². The number of amides is 1. The topological polar surface area (TPSA) is 76.4 Å². The summed E-state index contributed by atoms with van der Waals surface area (Å²) >= 11 is 11.8. The van der Waals surface area contributed by atoms with Gasteiger partial charge in [0.05, 0.1) is 15.7 Å². The molecular weight excluding hydrogens is 434 g/mol. The summed E-state index contributed by atoms with van der Waals surface area (Å²) in [5.74, 6) is -1.14. The van der Waals surface area contributed by atoms with Gasteiger partial charge in [-0.05, 0) is 30.3 Å². The third kappa shape index (κ3) is 4.93. The van der Waals surface area contributed by atoms with E-state index in [1.807, 2.05) is 0 Å². The maximum Gasteiger partial charge on any atom is 0.435 e. The maximum atomic E-state index is 13.1. The van der Waals surface area contributed by atoms with Gasteiger partial charge in [-0.1, -0.05) is 35.3 Å². The summed E-state index contributed by atoms with van der Waals surface area (Å²) in [7, 11) is 0. The van der Waals surface area contributed by atoms with Gasteiger partial charge in [-0.3, -0.25) is 4.79 Å². The second-order valence-corrected chi connectivity index (χ2v) is 6.55. The lowest BCUT2D eigenvalue weighted by Crippen LogP contribution is -2.21. The van der Waals surface area contributed by atoms with Gasteiger partial charge >= 0.3 is 6.18 Å². The number of nitrogens with one attached hydrogen (secondary N) is 1. The number of aromatic nitrogens is 2. The lowest BCUT2D eigenvalue weighted by atomic mass is 10.3. The summed E-state index contributed by atoms with van der Waals surface area (Å²) in [5, 5.41) is 15.5. The molecule has 0 fully saturated rings. The number of rotatable bonds is 5. The second-order valence-electron chi connectivity index (χ2n) is 5.73. The normalized spacial score (nSPS) is 11.3. The Morgan fingerprint density at radius 2 is 1.86 bits per heavy atom. The highest BCUT2D eigenvalue weighted by atomic mass is 35.5. The molecule has 2 aromatic carbocycles. The molecule has 0 aliphatic heterocycles. The fourth-order valence-corrected chi connectivity index (χ4v) is 2.72. The Hall–Kier alpha value is -2.91. The highest BCUT2D eigenvalue weighted by molar-refractivity contribution is 6.32. The van der Waals surface area contributed by atoms with Crippen molar-refractivity contribution in [3.05, 3.63) is 64.3 Å². The number of phenolic OH excluding ortho intramolecular Hbond substituents is 1. The Morgan fingerprint density at radius 3 is 2.52 bits per heavy atom. The zero-order valence-corrected chi connectivity index (χ0v) is 15.9. The van der Waals surface area contributed by atoms with Gasteiger partial charge in [0.25, 0.3) is 5.91 Å². The van der Waals surface area contributed by atoms with E-state index in [1.165, 1.54) is 30.3 Å². The van der Waals surface area contributed by atoms with Gasteiger partial charge in [0, 0.05) is 11.8 Å². The predicted octanol–water partition coefficient (Wildman–Crippen LogP) is 4.92. The number of alkyl halides is 3. The number of carbonyl (C=O) groups is 1. The number of ether oxygens (including phenoxy) is 1. The highest BCUT2D eigenvalue weighted by Crippen LogP contribution is 2.33. The lowest BCUT2D eigenvalue weighted by molar-refractivity contribution is -0.141. The summed E-state index contributed by atoms with van der Waals surface area (Å²) in [5.41, 5.74) is -0.763. The average molecular weight is 446 g/mol. The van der Waals surface area contributed by atoms with Crippen LogP contribution in [0.25, 0.3) is 5.69 Å². The van der Waals surface area contributed by atoms with Crippen molar-refractivity contribution < 1.29 is 27.8 Å². The van der Waals surface area contributed by atoms with Crippen molar-refractivity contribution in [2.75, 3.05) is 11.9 Å². The molecule has 11 heteroatoms. The molecule has 0 atom stereocenters. The molecule has 0 unspecified atom stereocenters. The van der Waals surface area contributed by atoms with E-state index in [-0.39, 0.29) is 33.0 Å². The van der Waals surface area contributed by atoms with Crippen molar-refractivity contribution in [3.63, 3.8) is 0 Å². The maximum absolute atomic E-state index is 13.1. The van der Waals surface area contributed by atoms with Crippen molar-refractivity contribution >= 4 is 34.8 Å². The molecule has 29 heavy (non-hydrogen) atoms. The van der Waals surface area contributed by atoms with Gasteiger partial charge in [0.1, 0.15) is 5.75 Å². The fraction of sp³-hybridized carbons (Fsp3) is 0.111. The first-order valence-corrected chi connectivity index (χ1v) is 8.74. The van der Waals surface area contributed by atoms with Crippen LogP contribution in [0.2, 0.25) is 10.0 Å². The number of hydrogen-bond acceptors (Lipinski definition) is 4. The minimum atomic E-state index is -4.71. The van der Waals surface area contributed by atoms with Gasteiger partial charge < -0.3 is 15.2 Å². The molecule has 0 aliphatic carbocycles. The number of para-hydroxylation sites is 1. The Kier molecular flexibility index (Phi) is 5.90. The van der Waals surface area contributed by atoms with Crippen molar-refractivity contribution in [3.8, 4) is 17.3 Å². The van der Waals surface area contributed by atoms with Crippen LogP contribution in [0, 0.1) is 0 Å². The van der Waals surface area contributed by atoms with E-state index in [2.05, 4.69) is 10.4 Å². The van der Waals surface area contributed by atoms with Crippen LogP contribution in [0.3, 0.4) is 0 Å². The third-order valence-electron chi connectivity index (χ3n) is 3.63. The number of hydrogen-bond donors (Lipinski definition) is 2. The third-order valence-corrected chi connectivity index (χ3v) is 4.25. The molecule has 0 aliphatic rings. The van der Waals surface area contributed by atoms with Crippen molar-refractivity contribution in [2.24, 2.45) is 0 Å². The first-order chi connectivity index (χ1) is 13.6. The summed E-state index contributed by atoms with van der Waals surface area (Å²) in [6.07, 6.45) is -4.71. The van der Waals surface area contributed by atoms with E-state index in [4.69, 9.17) is 27.9 Å². The Bertz CT molecular complexity index is 1050. The molecule has 0 bridgehead atoms. The van der Waals surface area contributed by atoms with E-state index in [0.717, 1.165) is 4.68 Å². The molecule has 0 saturated carbocycles. The summed E-state index contributed by atoms with van der Waals surface area (Å²) in [6.45, 7) is -0.605. The Labute approximate surface area is 172 Å². The van der Waals surface area contributed by atoms with Crippen LogP contribution in [0.5, 0.6) is 11.6 Å². The molecule has 0 radical (unpaired) electrons. The van der Waals surface area contributed by atoms with Crippen LogP contribution in [-0.4, -0.2) is 27.4 Å². The van der Waals surface area contributed by atoms with E-state index in [9.17, 15) is 23.1 Å². The standard InChI is InChI=1S/C18H12Cl2F3N3O3/c19-11-3-1-2-4-13(11)26-17(8-15(25-26)18(21,22)23)29-9-16(28)24-10-5-6-14(27)12(20)7-10/h1-8,27H,9H2,(H,24,28). The first kappa shape index (κ1) is 20.8. The summed E-state index contributed by atoms with van der Waals surface area (Å²) in [6, 6.07) is 10.8. The fourth-order valence-electron chi connectivity index (χ4n) is 2.32. The molecule has 3 rings (SSSR count). The Balaban J connectivity index is 1.80. The van der Waals surface area contributed by atoms with E-state index in [0.29, 0.717) is 6.07 Å². The van der Waals surface area contributed by atoms with Gasteiger partial charge in [-0.25, -0.2) is 0 Å². The van der Waals surface area contributed by atoms with Crippen molar-refractivity contribution in [1.82, 2.24) is 9.78 Å². The van der Waals surface area contributed by atoms with Gasteiger partial charge in [0.2, 0.25) is 5.88 Å². The smallest absolute Gasteiger partial charge is 0.435 e. The molecule has 1 heterocycles. The number of anilines is 1. The first-order valence-electron chi connectivity index (χ1n) is 7.98. The minimum Gasteiger partial charge on any atom is -0.506 e. The number of benzene rings is 2. The van der Waals surface area contributed by atoms with Crippen LogP contribution >= 0.6 is 23.2 Å². The van der Waals surface area contributed by atoms with E-state index >= 15 is 0 Å². The molecule has 0 spiro atoms. The number of halogens is 5. The molecule has 3 aromatic rings. The second kappa shape index (κ2) is 8.22. The Morgan fingerprint density at radius 1 is 1.14 bits per heavy atom. The van der Waals surface area contributed by atoms with Gasteiger partial charge in [-0.2, -0.15) is 23.0 Å². The van der Waals surface area contributed by atoms with Crippen LogP contribution in [0.4, 0.5) is 18.9 Å². The predicted molar refractivity (Wildman–Crippen MR) is 101 cm³/mol. The molecule has 2 N–H and O–H groups in total. The molecule has 0 saturated heterocycles. The molecular formula is C18H12Cl2F3N3O3.